The van der Waals surface area contributed by atoms with Crippen LogP contribution in [-0.2, 0) is 14.3 Å². The fourth-order valence-electron chi connectivity index (χ4n) is 2.94. The van der Waals surface area contributed by atoms with Gasteiger partial charge >= 0.3 is 12.0 Å². The molecule has 0 saturated heterocycles. The topological polar surface area (TPSA) is 115 Å². The number of nitrogens with zero attached hydrogens (tertiary/aromatic N) is 3. The van der Waals surface area contributed by atoms with E-state index in [9.17, 15) is 14.4 Å². The molecule has 3 amide bonds. The molecule has 0 spiro atoms. The van der Waals surface area contributed by atoms with E-state index in [4.69, 9.17) is 4.74 Å². The summed E-state index contributed by atoms with van der Waals surface area (Å²) in [5.74, 6) is -0.780. The van der Waals surface area contributed by atoms with E-state index in [0.717, 1.165) is 23.0 Å². The first-order valence-corrected chi connectivity index (χ1v) is 11.6. The lowest BCUT2D eigenvalue weighted by Crippen LogP contribution is -2.50. The molecule has 3 rings (SSSR count). The number of amides is 3. The number of ether oxygens (including phenoxy) is 1. The molecule has 2 N–H and O–H groups in total. The summed E-state index contributed by atoms with van der Waals surface area (Å²) in [6, 6.07) is 18.5. The third-order valence-corrected chi connectivity index (χ3v) is 5.30. The molecule has 178 valence electrons. The van der Waals surface area contributed by atoms with Gasteiger partial charge in [0, 0.05) is 16.8 Å². The second-order valence-corrected chi connectivity index (χ2v) is 9.40. The Morgan fingerprint density at radius 2 is 1.62 bits per heavy atom. The molecule has 3 aromatic rings. The third kappa shape index (κ3) is 6.92. The van der Waals surface area contributed by atoms with Crippen molar-refractivity contribution in [3.8, 4) is 17.1 Å². The smallest absolute Gasteiger partial charge is 0.321 e. The monoisotopic (exact) mass is 481 g/mol. The number of thioether (sulfide) groups is 1. The van der Waals surface area contributed by atoms with Gasteiger partial charge in [-0.05, 0) is 39.8 Å². The van der Waals surface area contributed by atoms with Crippen LogP contribution in [0.3, 0.4) is 0 Å². The molecular weight excluding hydrogens is 454 g/mol. The standard InChI is InChI=1S/C24H27N5O4S/c1-16(21(31)25-22(32)26-24(2,3)4)33-19(30)15-34-23-28-27-20(17-11-7-5-8-12-17)29(23)18-13-9-6-10-14-18/h5-14,16H,15H2,1-4H3,(H2,25,26,31,32). The minimum absolute atomic E-state index is 0.0917. The maximum atomic E-state index is 12.4. The van der Waals surface area contributed by atoms with E-state index in [1.54, 1.807) is 20.8 Å². The molecule has 1 atom stereocenters. The highest BCUT2D eigenvalue weighted by Gasteiger charge is 2.23. The normalized spacial score (nSPS) is 12.0. The van der Waals surface area contributed by atoms with Gasteiger partial charge in [0.1, 0.15) is 0 Å². The number of rotatable bonds is 7. The number of hydrogen-bond donors (Lipinski definition) is 2. The number of hydrogen-bond acceptors (Lipinski definition) is 7. The highest BCUT2D eigenvalue weighted by molar-refractivity contribution is 7.99. The Morgan fingerprint density at radius 3 is 2.24 bits per heavy atom. The van der Waals surface area contributed by atoms with Crippen LogP contribution in [-0.4, -0.2) is 50.1 Å². The van der Waals surface area contributed by atoms with Crippen LogP contribution in [0, 0.1) is 0 Å². The zero-order valence-corrected chi connectivity index (χ0v) is 20.3. The third-order valence-electron chi connectivity index (χ3n) is 4.40. The van der Waals surface area contributed by atoms with Gasteiger partial charge in [-0.25, -0.2) is 4.79 Å². The minimum atomic E-state index is -1.13. The Bertz CT molecular complexity index is 1140. The van der Waals surface area contributed by atoms with E-state index in [2.05, 4.69) is 20.8 Å². The number of aromatic nitrogens is 3. The average molecular weight is 482 g/mol. The molecule has 9 nitrogen and oxygen atoms in total. The van der Waals surface area contributed by atoms with Crippen LogP contribution in [0.4, 0.5) is 4.79 Å². The number of urea groups is 1. The van der Waals surface area contributed by atoms with Crippen LogP contribution in [0.2, 0.25) is 0 Å². The van der Waals surface area contributed by atoms with Crippen LogP contribution >= 0.6 is 11.8 Å². The van der Waals surface area contributed by atoms with Gasteiger partial charge in [0.25, 0.3) is 5.91 Å². The van der Waals surface area contributed by atoms with Crippen molar-refractivity contribution in [3.63, 3.8) is 0 Å². The van der Waals surface area contributed by atoms with Gasteiger partial charge in [-0.3, -0.25) is 19.5 Å². The van der Waals surface area contributed by atoms with Crippen molar-refractivity contribution in [2.24, 2.45) is 0 Å². The molecule has 0 aliphatic rings. The maximum Gasteiger partial charge on any atom is 0.321 e. The molecule has 10 heteroatoms. The SMILES string of the molecule is CC(OC(=O)CSc1nnc(-c2ccccc2)n1-c1ccccc1)C(=O)NC(=O)NC(C)(C)C. The highest BCUT2D eigenvalue weighted by atomic mass is 32.2. The lowest BCUT2D eigenvalue weighted by atomic mass is 10.1. The summed E-state index contributed by atoms with van der Waals surface area (Å²) in [4.78, 5) is 36.4. The summed E-state index contributed by atoms with van der Waals surface area (Å²) in [6.45, 7) is 6.77. The Balaban J connectivity index is 1.66. The average Bonchev–Trinajstić information content (AvgIpc) is 3.21. The van der Waals surface area contributed by atoms with Crippen LogP contribution in [0.1, 0.15) is 27.7 Å². The van der Waals surface area contributed by atoms with Gasteiger partial charge in [0.05, 0.1) is 5.75 Å². The summed E-state index contributed by atoms with van der Waals surface area (Å²) < 4.78 is 7.05. The summed E-state index contributed by atoms with van der Waals surface area (Å²) in [5, 5.41) is 13.9. The zero-order chi connectivity index (χ0) is 24.7. The molecule has 2 aromatic carbocycles. The van der Waals surface area contributed by atoms with E-state index in [-0.39, 0.29) is 5.75 Å². The molecule has 0 aliphatic carbocycles. The molecule has 1 heterocycles. The van der Waals surface area contributed by atoms with Gasteiger partial charge in [-0.2, -0.15) is 0 Å². The van der Waals surface area contributed by atoms with Gasteiger partial charge in [0.2, 0.25) is 0 Å². The van der Waals surface area contributed by atoms with Crippen LogP contribution < -0.4 is 10.6 Å². The van der Waals surface area contributed by atoms with E-state index in [0.29, 0.717) is 11.0 Å². The minimum Gasteiger partial charge on any atom is -0.452 e. The van der Waals surface area contributed by atoms with Crippen LogP contribution in [0.5, 0.6) is 0 Å². The van der Waals surface area contributed by atoms with E-state index in [1.165, 1.54) is 6.92 Å². The summed E-state index contributed by atoms with van der Waals surface area (Å²) in [6.07, 6.45) is -1.13. The number of benzene rings is 2. The van der Waals surface area contributed by atoms with E-state index in [1.807, 2.05) is 65.2 Å². The van der Waals surface area contributed by atoms with Crippen molar-refractivity contribution in [2.75, 3.05) is 5.75 Å². The van der Waals surface area contributed by atoms with Crippen LogP contribution in [0.15, 0.2) is 65.8 Å². The second-order valence-electron chi connectivity index (χ2n) is 8.46. The first-order valence-electron chi connectivity index (χ1n) is 10.7. The number of para-hydroxylation sites is 1. The fourth-order valence-corrected chi connectivity index (χ4v) is 3.68. The summed E-state index contributed by atoms with van der Waals surface area (Å²) in [5.41, 5.74) is 1.22. The number of esters is 1. The Kier molecular flexibility index (Phi) is 8.06. The van der Waals surface area contributed by atoms with Gasteiger partial charge < -0.3 is 10.1 Å². The van der Waals surface area contributed by atoms with E-state index < -0.39 is 29.6 Å². The quantitative estimate of drug-likeness (QED) is 0.391. The van der Waals surface area contributed by atoms with Crippen molar-refractivity contribution >= 4 is 29.7 Å². The molecule has 0 radical (unpaired) electrons. The van der Waals surface area contributed by atoms with Gasteiger partial charge in [-0.15, -0.1) is 10.2 Å². The number of nitrogens with one attached hydrogen (secondary N) is 2. The molecule has 0 saturated carbocycles. The first-order chi connectivity index (χ1) is 16.1. The fraction of sp³-hybridized carbons (Fsp3) is 0.292. The molecule has 1 unspecified atom stereocenters. The molecule has 1 aromatic heterocycles. The van der Waals surface area contributed by atoms with Crippen molar-refractivity contribution < 1.29 is 19.1 Å². The molecule has 0 fully saturated rings. The Morgan fingerprint density at radius 1 is 1.00 bits per heavy atom. The van der Waals surface area contributed by atoms with Gasteiger partial charge in [-0.1, -0.05) is 60.3 Å². The predicted molar refractivity (Wildman–Crippen MR) is 130 cm³/mol. The number of imide groups is 1. The number of carbonyl (C=O) groups is 3. The molecule has 0 bridgehead atoms. The number of carbonyl (C=O) groups excluding carboxylic acids is 3. The zero-order valence-electron chi connectivity index (χ0n) is 19.4. The van der Waals surface area contributed by atoms with Crippen molar-refractivity contribution in [1.82, 2.24) is 25.4 Å². The van der Waals surface area contributed by atoms with Crippen molar-refractivity contribution in [3.05, 3.63) is 60.7 Å². The van der Waals surface area contributed by atoms with E-state index >= 15 is 0 Å². The summed E-state index contributed by atoms with van der Waals surface area (Å²) in [7, 11) is 0. The Hall–Kier alpha value is -3.66. The maximum absolute atomic E-state index is 12.4. The highest BCUT2D eigenvalue weighted by Crippen LogP contribution is 2.27. The predicted octanol–water partition coefficient (Wildman–Crippen LogP) is 3.58. The largest absolute Gasteiger partial charge is 0.452 e. The summed E-state index contributed by atoms with van der Waals surface area (Å²) >= 11 is 1.14. The molecule has 34 heavy (non-hydrogen) atoms. The lowest BCUT2D eigenvalue weighted by molar-refractivity contribution is -0.151. The van der Waals surface area contributed by atoms with Crippen LogP contribution in [0.25, 0.3) is 17.1 Å². The molecular formula is C24H27N5O4S. The van der Waals surface area contributed by atoms with Gasteiger partial charge in [0.15, 0.2) is 17.1 Å². The first kappa shape index (κ1) is 25.0. The molecule has 0 aliphatic heterocycles. The second kappa shape index (κ2) is 11.0. The lowest BCUT2D eigenvalue weighted by Gasteiger charge is -2.21. The Labute approximate surface area is 202 Å². The van der Waals surface area contributed by atoms with Crippen molar-refractivity contribution in [1.29, 1.82) is 0 Å². The van der Waals surface area contributed by atoms with Crippen molar-refractivity contribution in [2.45, 2.75) is 44.5 Å².